The molecule has 6 rings (SSSR count). The average Bonchev–Trinajstić information content (AvgIpc) is 2.90. The van der Waals surface area contributed by atoms with Crippen molar-refractivity contribution in [2.45, 2.75) is 37.6 Å². The number of carbonyl (C=O) groups excluding carboxylic acids is 2. The summed E-state index contributed by atoms with van der Waals surface area (Å²) in [6.07, 6.45) is 0.956. The van der Waals surface area contributed by atoms with Crippen molar-refractivity contribution in [1.82, 2.24) is 0 Å². The lowest BCUT2D eigenvalue weighted by Crippen LogP contribution is -2.47. The van der Waals surface area contributed by atoms with Gasteiger partial charge < -0.3 is 26.4 Å². The lowest BCUT2D eigenvalue weighted by Gasteiger charge is -2.42. The van der Waals surface area contributed by atoms with Crippen LogP contribution in [0.15, 0.2) is 48.6 Å². The van der Waals surface area contributed by atoms with Gasteiger partial charge >= 0.3 is 0 Å². The van der Waals surface area contributed by atoms with Crippen molar-refractivity contribution in [3.8, 4) is 29.4 Å². The summed E-state index contributed by atoms with van der Waals surface area (Å²) in [6, 6.07) is 9.69. The van der Waals surface area contributed by atoms with Crippen LogP contribution in [0, 0.1) is 29.6 Å². The number of hydrogen-bond acceptors (Lipinski definition) is 7. The van der Waals surface area contributed by atoms with Crippen LogP contribution < -0.4 is 11.1 Å². The summed E-state index contributed by atoms with van der Waals surface area (Å²) in [5.41, 5.74) is 7.74. The predicted octanol–water partition coefficient (Wildman–Crippen LogP) is 2.59. The molecule has 188 valence electrons. The summed E-state index contributed by atoms with van der Waals surface area (Å²) in [5, 5.41) is 37.7. The van der Waals surface area contributed by atoms with Crippen LogP contribution in [0.4, 0.5) is 5.69 Å². The molecule has 1 heterocycles. The Bertz CT molecular complexity index is 1710. The molecule has 7 nitrogen and oxygen atoms in total. The molecule has 0 radical (unpaired) electrons. The number of nitrogens with two attached hydrogens (primary N) is 1. The second-order valence-corrected chi connectivity index (χ2v) is 9.87. The maximum absolute atomic E-state index is 14.0. The van der Waals surface area contributed by atoms with Gasteiger partial charge in [0.15, 0.2) is 11.6 Å². The van der Waals surface area contributed by atoms with Crippen molar-refractivity contribution >= 4 is 28.0 Å². The van der Waals surface area contributed by atoms with Gasteiger partial charge in [-0.25, -0.2) is 0 Å². The van der Waals surface area contributed by atoms with E-state index in [-0.39, 0.29) is 28.0 Å². The Morgan fingerprint density at radius 1 is 0.974 bits per heavy atom. The van der Waals surface area contributed by atoms with Gasteiger partial charge in [0.25, 0.3) is 0 Å². The molecular formula is C31H24N2O5. The molecule has 5 atom stereocenters. The fourth-order valence-corrected chi connectivity index (χ4v) is 5.89. The zero-order valence-corrected chi connectivity index (χ0v) is 20.4. The zero-order chi connectivity index (χ0) is 26.7. The van der Waals surface area contributed by atoms with Crippen molar-refractivity contribution in [2.24, 2.45) is 11.7 Å². The second-order valence-electron chi connectivity index (χ2n) is 9.87. The van der Waals surface area contributed by atoms with Crippen LogP contribution in [-0.2, 0) is 6.54 Å². The molecule has 5 unspecified atom stereocenters. The molecule has 3 aliphatic rings. The summed E-state index contributed by atoms with van der Waals surface area (Å²) >= 11 is 0. The highest BCUT2D eigenvalue weighted by atomic mass is 16.3. The van der Waals surface area contributed by atoms with E-state index in [9.17, 15) is 24.9 Å². The van der Waals surface area contributed by atoms with E-state index in [0.717, 1.165) is 16.3 Å². The van der Waals surface area contributed by atoms with Crippen LogP contribution in [0.25, 0.3) is 10.8 Å². The number of anilines is 1. The number of aromatic hydroxyl groups is 1. The van der Waals surface area contributed by atoms with Gasteiger partial charge in [-0.2, -0.15) is 0 Å². The number of benzene rings is 3. The van der Waals surface area contributed by atoms with E-state index in [4.69, 9.17) is 5.73 Å². The highest BCUT2D eigenvalue weighted by Gasteiger charge is 2.46. The molecular weight excluding hydrogens is 480 g/mol. The van der Waals surface area contributed by atoms with Gasteiger partial charge in [0.2, 0.25) is 0 Å². The zero-order valence-electron chi connectivity index (χ0n) is 20.4. The van der Waals surface area contributed by atoms with E-state index < -0.39 is 41.7 Å². The SMILES string of the molecule is CC(O)C1C2C#C/C=C\C#CC(O)C1c1cc(O)c3c(c1N2)C(=O)c1cc2ccc(CN)cc2cc1C3=O. The molecule has 3 aromatic carbocycles. The lowest BCUT2D eigenvalue weighted by molar-refractivity contribution is 0.0646. The van der Waals surface area contributed by atoms with Crippen LogP contribution in [0.1, 0.15) is 55.8 Å². The first-order chi connectivity index (χ1) is 18.3. The first kappa shape index (κ1) is 24.0. The number of rotatable bonds is 2. The van der Waals surface area contributed by atoms with Gasteiger partial charge in [-0.15, -0.1) is 0 Å². The van der Waals surface area contributed by atoms with Gasteiger partial charge in [0.05, 0.1) is 29.0 Å². The number of aliphatic hydroxyl groups excluding tert-OH is 2. The van der Waals surface area contributed by atoms with Crippen molar-refractivity contribution in [2.75, 3.05) is 5.32 Å². The van der Waals surface area contributed by atoms with Crippen LogP contribution in [0.3, 0.4) is 0 Å². The van der Waals surface area contributed by atoms with E-state index in [1.807, 2.05) is 18.2 Å². The Kier molecular flexibility index (Phi) is 5.59. The molecule has 7 heteroatoms. The summed E-state index contributed by atoms with van der Waals surface area (Å²) < 4.78 is 0. The first-order valence-electron chi connectivity index (χ1n) is 12.4. The molecule has 38 heavy (non-hydrogen) atoms. The van der Waals surface area contributed by atoms with Crippen LogP contribution >= 0.6 is 0 Å². The number of ketones is 2. The number of carbonyl (C=O) groups is 2. The average molecular weight is 505 g/mol. The molecule has 0 saturated carbocycles. The highest BCUT2D eigenvalue weighted by molar-refractivity contribution is 6.32. The Balaban J connectivity index is 1.60. The smallest absolute Gasteiger partial charge is 0.198 e. The molecule has 0 aromatic heterocycles. The molecule has 2 bridgehead atoms. The standard InChI is InChI=1S/C31H24N2O5/c1-15(34)25-22-6-4-2-3-5-7-23(35)26(25)21-13-24(36)27-28(29(21)33-22)31(38)19-11-17-9-8-16(14-32)10-18(17)12-20(19)30(27)37/h2-3,8-13,15,22-23,25-26,33-36H,14,32H2,1H3/b3-2-. The molecule has 0 spiro atoms. The van der Waals surface area contributed by atoms with Crippen LogP contribution in [0.5, 0.6) is 5.75 Å². The second kappa shape index (κ2) is 8.86. The number of phenolic OH excluding ortho intramolecular Hbond substituents is 1. The normalized spacial score (nSPS) is 24.4. The number of allylic oxidation sites excluding steroid dienone is 2. The number of aliphatic hydroxyl groups is 2. The summed E-state index contributed by atoms with van der Waals surface area (Å²) in [4.78, 5) is 27.8. The maximum Gasteiger partial charge on any atom is 0.198 e. The van der Waals surface area contributed by atoms with E-state index in [1.165, 1.54) is 12.1 Å². The van der Waals surface area contributed by atoms with Crippen molar-refractivity contribution in [3.63, 3.8) is 0 Å². The van der Waals surface area contributed by atoms with Gasteiger partial charge in [-0.05, 0) is 65.2 Å². The van der Waals surface area contributed by atoms with E-state index in [2.05, 4.69) is 29.0 Å². The molecule has 6 N–H and O–H groups in total. The van der Waals surface area contributed by atoms with Gasteiger partial charge in [0.1, 0.15) is 11.9 Å². The number of phenols is 1. The Hall–Kier alpha value is -4.40. The van der Waals surface area contributed by atoms with Crippen LogP contribution in [-0.4, -0.2) is 45.1 Å². The number of nitrogens with one attached hydrogen (secondary N) is 1. The summed E-state index contributed by atoms with van der Waals surface area (Å²) in [7, 11) is 0. The quantitative estimate of drug-likeness (QED) is 0.209. The third-order valence-electron chi connectivity index (χ3n) is 7.63. The molecule has 3 aromatic rings. The van der Waals surface area contributed by atoms with Gasteiger partial charge in [0, 0.05) is 29.5 Å². The lowest BCUT2D eigenvalue weighted by atomic mass is 9.69. The van der Waals surface area contributed by atoms with Crippen molar-refractivity contribution < 1.29 is 24.9 Å². The topological polar surface area (TPSA) is 133 Å². The van der Waals surface area contributed by atoms with Gasteiger partial charge in [-0.1, -0.05) is 35.8 Å². The third kappa shape index (κ3) is 3.53. The Morgan fingerprint density at radius 2 is 1.66 bits per heavy atom. The minimum absolute atomic E-state index is 0.0315. The van der Waals surface area contributed by atoms with Gasteiger partial charge in [-0.3, -0.25) is 9.59 Å². The summed E-state index contributed by atoms with van der Waals surface area (Å²) in [6.45, 7) is 1.94. The summed E-state index contributed by atoms with van der Waals surface area (Å²) in [5.74, 6) is 8.83. The highest BCUT2D eigenvalue weighted by Crippen LogP contribution is 2.49. The molecule has 1 aliphatic heterocycles. The van der Waals surface area contributed by atoms with Crippen LogP contribution in [0.2, 0.25) is 0 Å². The number of hydrogen-bond donors (Lipinski definition) is 5. The fraction of sp³-hybridized carbons (Fsp3) is 0.226. The van der Waals surface area contributed by atoms with E-state index in [0.29, 0.717) is 17.8 Å². The minimum Gasteiger partial charge on any atom is -0.507 e. The van der Waals surface area contributed by atoms with E-state index >= 15 is 0 Å². The Labute approximate surface area is 219 Å². The number of fused-ring (bicyclic) bond motifs is 8. The first-order valence-corrected chi connectivity index (χ1v) is 12.4. The fourth-order valence-electron chi connectivity index (χ4n) is 5.89. The third-order valence-corrected chi connectivity index (χ3v) is 7.63. The predicted molar refractivity (Wildman–Crippen MR) is 143 cm³/mol. The molecule has 0 saturated heterocycles. The molecule has 0 amide bonds. The Morgan fingerprint density at radius 3 is 2.37 bits per heavy atom. The van der Waals surface area contributed by atoms with E-state index in [1.54, 1.807) is 25.1 Å². The monoisotopic (exact) mass is 504 g/mol. The van der Waals surface area contributed by atoms with Crippen molar-refractivity contribution in [1.29, 1.82) is 0 Å². The largest absolute Gasteiger partial charge is 0.507 e. The molecule has 2 aliphatic carbocycles. The van der Waals surface area contributed by atoms with Crippen molar-refractivity contribution in [3.05, 3.63) is 81.9 Å². The minimum atomic E-state index is -1.22. The molecule has 0 fully saturated rings. The maximum atomic E-state index is 14.0.